The van der Waals surface area contributed by atoms with Gasteiger partial charge in [0, 0.05) is 11.3 Å². The van der Waals surface area contributed by atoms with Crippen molar-refractivity contribution < 1.29 is 28.6 Å². The van der Waals surface area contributed by atoms with Crippen molar-refractivity contribution in [2.24, 2.45) is 17.3 Å². The fraction of sp³-hybridized carbons (Fsp3) is 0.722. The maximum absolute atomic E-state index is 13.0. The van der Waals surface area contributed by atoms with Crippen LogP contribution in [0, 0.1) is 17.3 Å². The number of methoxy groups -OCH3 is 2. The van der Waals surface area contributed by atoms with E-state index in [1.54, 1.807) is 0 Å². The van der Waals surface area contributed by atoms with Gasteiger partial charge in [-0.25, -0.2) is 4.79 Å². The van der Waals surface area contributed by atoms with E-state index in [9.17, 15) is 14.4 Å². The first-order valence-electron chi connectivity index (χ1n) is 8.47. The Bertz CT molecular complexity index is 514. The Morgan fingerprint density at radius 3 is 2.67 bits per heavy atom. The van der Waals surface area contributed by atoms with Crippen molar-refractivity contribution in [3.8, 4) is 0 Å². The fourth-order valence-electron chi connectivity index (χ4n) is 4.35. The van der Waals surface area contributed by atoms with E-state index in [0.29, 0.717) is 25.7 Å². The number of rotatable bonds is 7. The molecule has 1 unspecified atom stereocenters. The smallest absolute Gasteiger partial charge is 0.468 e. The number of carbonyl (C=O) groups is 3. The van der Waals surface area contributed by atoms with Gasteiger partial charge in [0.1, 0.15) is 12.0 Å². The summed E-state index contributed by atoms with van der Waals surface area (Å²) in [5, 5.41) is 0. The van der Waals surface area contributed by atoms with Crippen molar-refractivity contribution in [3.05, 3.63) is 12.7 Å². The summed E-state index contributed by atoms with van der Waals surface area (Å²) in [5.74, 6) is -1.43. The molecule has 24 heavy (non-hydrogen) atoms. The predicted molar refractivity (Wildman–Crippen MR) is 86.2 cm³/mol. The molecule has 0 aromatic heterocycles. The Kier molecular flexibility index (Phi) is 6.02. The molecule has 0 heterocycles. The number of unbranched alkanes of at least 4 members (excludes halogenated alkanes) is 2. The van der Waals surface area contributed by atoms with E-state index < -0.39 is 23.5 Å². The van der Waals surface area contributed by atoms with E-state index in [1.165, 1.54) is 14.2 Å². The first-order valence-corrected chi connectivity index (χ1v) is 8.47. The van der Waals surface area contributed by atoms with Gasteiger partial charge in [-0.3, -0.25) is 9.59 Å². The van der Waals surface area contributed by atoms with Crippen molar-refractivity contribution in [2.75, 3.05) is 14.2 Å². The summed E-state index contributed by atoms with van der Waals surface area (Å²) in [6.45, 7) is 3.71. The number of Topliss-reactive ketones (excluding diaryl/α,β-unsaturated/α-hetero) is 1. The summed E-state index contributed by atoms with van der Waals surface area (Å²) in [4.78, 5) is 36.4. The highest BCUT2D eigenvalue weighted by Gasteiger charge is 2.62. The molecule has 0 spiro atoms. The van der Waals surface area contributed by atoms with E-state index in [4.69, 9.17) is 9.47 Å². The van der Waals surface area contributed by atoms with Gasteiger partial charge >= 0.3 is 12.1 Å². The zero-order valence-electron chi connectivity index (χ0n) is 14.4. The summed E-state index contributed by atoms with van der Waals surface area (Å²) in [6.07, 6.45) is 5.84. The van der Waals surface area contributed by atoms with Gasteiger partial charge in [-0.05, 0) is 38.5 Å². The summed E-state index contributed by atoms with van der Waals surface area (Å²) >= 11 is 0. The molecule has 4 atom stereocenters. The summed E-state index contributed by atoms with van der Waals surface area (Å²) in [5.41, 5.74) is -0.585. The standard InChI is InChI=1S/C18H26O6/c1-4-5-6-7-9-18-10-8-14(24-17(21)23-3)13(18)11-12(15(18)19)16(20)22-2/h4,12-14H,1,5-11H2,2-3H3/t12?,13-,14+,18+/m1/s1. The van der Waals surface area contributed by atoms with Gasteiger partial charge in [0.15, 0.2) is 5.78 Å². The van der Waals surface area contributed by atoms with E-state index in [2.05, 4.69) is 11.3 Å². The number of ether oxygens (including phenoxy) is 3. The largest absolute Gasteiger partial charge is 0.508 e. The zero-order chi connectivity index (χ0) is 17.7. The molecular formula is C18H26O6. The molecule has 2 rings (SSSR count). The fourth-order valence-corrected chi connectivity index (χ4v) is 4.35. The number of fused-ring (bicyclic) bond motifs is 1. The molecule has 0 saturated heterocycles. The second kappa shape index (κ2) is 7.81. The molecule has 0 aromatic carbocycles. The zero-order valence-corrected chi connectivity index (χ0v) is 14.4. The van der Waals surface area contributed by atoms with Crippen LogP contribution in [0.5, 0.6) is 0 Å². The molecule has 0 radical (unpaired) electrons. The molecule has 2 fully saturated rings. The molecule has 0 N–H and O–H groups in total. The molecular weight excluding hydrogens is 312 g/mol. The lowest BCUT2D eigenvalue weighted by molar-refractivity contribution is -0.150. The molecule has 0 bridgehead atoms. The predicted octanol–water partition coefficient (Wildman–Crippen LogP) is 3.04. The van der Waals surface area contributed by atoms with Crippen LogP contribution in [0.25, 0.3) is 0 Å². The van der Waals surface area contributed by atoms with Gasteiger partial charge in [0.2, 0.25) is 0 Å². The number of allylic oxidation sites excluding steroid dienone is 1. The third-order valence-corrected chi connectivity index (χ3v) is 5.51. The molecule has 0 amide bonds. The Hall–Kier alpha value is -1.85. The third-order valence-electron chi connectivity index (χ3n) is 5.51. The summed E-state index contributed by atoms with van der Waals surface area (Å²) in [7, 11) is 2.56. The van der Waals surface area contributed by atoms with Crippen LogP contribution in [-0.2, 0) is 23.8 Å². The lowest BCUT2D eigenvalue weighted by Crippen LogP contribution is -2.34. The Morgan fingerprint density at radius 2 is 2.04 bits per heavy atom. The Labute approximate surface area is 142 Å². The third kappa shape index (κ3) is 3.32. The lowest BCUT2D eigenvalue weighted by atomic mass is 9.74. The average molecular weight is 338 g/mol. The van der Waals surface area contributed by atoms with Crippen LogP contribution in [0.2, 0.25) is 0 Å². The van der Waals surface area contributed by atoms with Crippen molar-refractivity contribution in [3.63, 3.8) is 0 Å². The summed E-state index contributed by atoms with van der Waals surface area (Å²) < 4.78 is 14.7. The van der Waals surface area contributed by atoms with E-state index in [1.807, 2.05) is 6.08 Å². The van der Waals surface area contributed by atoms with E-state index in [-0.39, 0.29) is 17.8 Å². The number of hydrogen-bond donors (Lipinski definition) is 0. The average Bonchev–Trinajstić information content (AvgIpc) is 3.07. The van der Waals surface area contributed by atoms with Crippen LogP contribution in [0.15, 0.2) is 12.7 Å². The molecule has 2 aliphatic rings. The van der Waals surface area contributed by atoms with Crippen molar-refractivity contribution in [1.29, 1.82) is 0 Å². The second-order valence-electron chi connectivity index (χ2n) is 6.62. The minimum absolute atomic E-state index is 0.0473. The van der Waals surface area contributed by atoms with Gasteiger partial charge in [0.05, 0.1) is 14.2 Å². The molecule has 2 saturated carbocycles. The monoisotopic (exact) mass is 338 g/mol. The highest BCUT2D eigenvalue weighted by molar-refractivity contribution is 6.04. The number of ketones is 1. The first-order chi connectivity index (χ1) is 11.5. The van der Waals surface area contributed by atoms with Crippen LogP contribution in [-0.4, -0.2) is 38.2 Å². The van der Waals surface area contributed by atoms with Gasteiger partial charge in [-0.15, -0.1) is 6.58 Å². The van der Waals surface area contributed by atoms with Crippen LogP contribution in [0.1, 0.15) is 44.9 Å². The van der Waals surface area contributed by atoms with Crippen LogP contribution in [0.3, 0.4) is 0 Å². The van der Waals surface area contributed by atoms with Crippen molar-refractivity contribution in [2.45, 2.75) is 51.0 Å². The summed E-state index contributed by atoms with van der Waals surface area (Å²) in [6, 6.07) is 0. The highest BCUT2D eigenvalue weighted by atomic mass is 16.7. The SMILES string of the molecule is C=CCCCC[C@]12CC[C@H](OC(=O)OC)[C@H]1CC(C(=O)OC)C2=O. The van der Waals surface area contributed by atoms with Crippen LogP contribution in [0.4, 0.5) is 4.79 Å². The second-order valence-corrected chi connectivity index (χ2v) is 6.62. The molecule has 134 valence electrons. The minimum atomic E-state index is -0.747. The van der Waals surface area contributed by atoms with Crippen molar-refractivity contribution >= 4 is 17.9 Å². The number of esters is 1. The molecule has 0 aromatic rings. The maximum Gasteiger partial charge on any atom is 0.508 e. The topological polar surface area (TPSA) is 78.9 Å². The van der Waals surface area contributed by atoms with Gasteiger partial charge in [0.25, 0.3) is 0 Å². The number of carbonyl (C=O) groups excluding carboxylic acids is 3. The quantitative estimate of drug-likeness (QED) is 0.307. The van der Waals surface area contributed by atoms with Crippen LogP contribution < -0.4 is 0 Å². The first kappa shape index (κ1) is 18.5. The normalized spacial score (nSPS) is 31.4. The molecule has 2 aliphatic carbocycles. The van der Waals surface area contributed by atoms with Crippen molar-refractivity contribution in [1.82, 2.24) is 0 Å². The maximum atomic E-state index is 13.0. The van der Waals surface area contributed by atoms with Gasteiger partial charge in [-0.1, -0.05) is 12.5 Å². The lowest BCUT2D eigenvalue weighted by Gasteiger charge is -2.29. The highest BCUT2D eigenvalue weighted by Crippen LogP contribution is 2.57. The molecule has 0 aliphatic heterocycles. The van der Waals surface area contributed by atoms with E-state index in [0.717, 1.165) is 19.3 Å². The molecule has 6 heteroatoms. The van der Waals surface area contributed by atoms with Gasteiger partial charge in [-0.2, -0.15) is 0 Å². The van der Waals surface area contributed by atoms with Crippen LogP contribution >= 0.6 is 0 Å². The minimum Gasteiger partial charge on any atom is -0.468 e. The van der Waals surface area contributed by atoms with Gasteiger partial charge < -0.3 is 14.2 Å². The number of hydrogen-bond acceptors (Lipinski definition) is 6. The Balaban J connectivity index is 2.18. The van der Waals surface area contributed by atoms with E-state index >= 15 is 0 Å². The Morgan fingerprint density at radius 1 is 1.29 bits per heavy atom. The molecule has 6 nitrogen and oxygen atoms in total.